The summed E-state index contributed by atoms with van der Waals surface area (Å²) < 4.78 is 18.7. The smallest absolute Gasteiger partial charge is 0.261 e. The number of carbonyl (C=O) groups is 8. The number of Topliss-reactive ketones (excluding diaryl/α,β-unsaturated/α-hetero) is 2. The average molecular weight is 1080 g/mol. The molecule has 0 saturated carbocycles. The first kappa shape index (κ1) is 54.3. The van der Waals surface area contributed by atoms with Gasteiger partial charge in [0.1, 0.15) is 24.7 Å². The molecule has 4 atom stereocenters. The van der Waals surface area contributed by atoms with Gasteiger partial charge in [0.25, 0.3) is 23.6 Å². The summed E-state index contributed by atoms with van der Waals surface area (Å²) in [5, 5.41) is 5.69. The number of aliphatic imine (C=N–C) groups is 2. The molecule has 0 fully saturated rings. The van der Waals surface area contributed by atoms with Crippen molar-refractivity contribution < 1.29 is 52.6 Å². The maximum Gasteiger partial charge on any atom is 0.261 e. The molecule has 0 unspecified atom stereocenters. The minimum absolute atomic E-state index is 0.00794. The van der Waals surface area contributed by atoms with E-state index in [1.165, 1.54) is 19.3 Å². The Kier molecular flexibility index (Phi) is 15.9. The molecule has 410 valence electrons. The van der Waals surface area contributed by atoms with Crippen molar-refractivity contribution in [1.82, 2.24) is 10.2 Å². The monoisotopic (exact) mass is 1080 g/mol. The molecule has 10 rings (SSSR count). The predicted molar refractivity (Wildman–Crippen MR) is 301 cm³/mol. The van der Waals surface area contributed by atoms with Gasteiger partial charge in [0, 0.05) is 105 Å². The normalized spacial score (nSPS) is 17.1. The van der Waals surface area contributed by atoms with Gasteiger partial charge in [-0.3, -0.25) is 63.0 Å². The maximum atomic E-state index is 14.1. The number of ketones is 2. The van der Waals surface area contributed by atoms with Crippen LogP contribution in [0.4, 0.5) is 28.4 Å². The quantitative estimate of drug-likeness (QED) is 0.0493. The first-order valence-corrected chi connectivity index (χ1v) is 27.0. The number of aryl methyl sites for hydroxylation is 1. The first-order valence-electron chi connectivity index (χ1n) is 27.0. The first-order chi connectivity index (χ1) is 38.6. The summed E-state index contributed by atoms with van der Waals surface area (Å²) in [5.41, 5.74) is 8.07. The van der Waals surface area contributed by atoms with Gasteiger partial charge in [-0.2, -0.15) is 0 Å². The second-order valence-electron chi connectivity index (χ2n) is 20.8. The van der Waals surface area contributed by atoms with E-state index < -0.39 is 17.9 Å². The summed E-state index contributed by atoms with van der Waals surface area (Å²) in [6.07, 6.45) is 8.98. The lowest BCUT2D eigenvalue weighted by Gasteiger charge is -2.22. The minimum atomic E-state index is -0.870. The van der Waals surface area contributed by atoms with E-state index in [1.807, 2.05) is 67.7 Å². The molecule has 18 heteroatoms. The highest BCUT2D eigenvalue weighted by molar-refractivity contribution is 6.16. The summed E-state index contributed by atoms with van der Waals surface area (Å²) in [6, 6.07) is 26.6. The zero-order valence-corrected chi connectivity index (χ0v) is 45.0. The molecule has 80 heavy (non-hydrogen) atoms. The number of anilines is 3. The Morgan fingerprint density at radius 2 is 1.21 bits per heavy atom. The molecule has 5 aliphatic heterocycles. The third-order valence-corrected chi connectivity index (χ3v) is 15.0. The molecule has 5 aliphatic rings. The number of rotatable bonds is 22. The number of carbonyl (C=O) groups excluding carboxylic acids is 8. The van der Waals surface area contributed by atoms with Gasteiger partial charge in [-0.05, 0) is 103 Å². The van der Waals surface area contributed by atoms with Gasteiger partial charge in [0.05, 0.1) is 47.7 Å². The highest BCUT2D eigenvalue weighted by Crippen LogP contribution is 2.42. The van der Waals surface area contributed by atoms with Crippen LogP contribution < -0.4 is 34.6 Å². The van der Waals surface area contributed by atoms with Gasteiger partial charge >= 0.3 is 0 Å². The average Bonchev–Trinajstić information content (AvgIpc) is 4.18. The van der Waals surface area contributed by atoms with E-state index in [1.54, 1.807) is 66.3 Å². The Hall–Kier alpha value is -9.06. The van der Waals surface area contributed by atoms with Gasteiger partial charge in [-0.25, -0.2) is 0 Å². The lowest BCUT2D eigenvalue weighted by molar-refractivity contribution is -0.137. The predicted octanol–water partition coefficient (Wildman–Crippen LogP) is 8.61. The van der Waals surface area contributed by atoms with Gasteiger partial charge in [0.2, 0.25) is 11.8 Å². The molecule has 2 N–H and O–H groups in total. The third kappa shape index (κ3) is 11.7. The van der Waals surface area contributed by atoms with Crippen LogP contribution >= 0.6 is 0 Å². The minimum Gasteiger partial charge on any atom is -0.493 e. The Labute approximate surface area is 462 Å². The second-order valence-corrected chi connectivity index (χ2v) is 20.8. The molecule has 0 radical (unpaired) electrons. The van der Waals surface area contributed by atoms with E-state index in [4.69, 9.17) is 24.2 Å². The molecule has 5 heterocycles. The van der Waals surface area contributed by atoms with Crippen molar-refractivity contribution in [2.24, 2.45) is 15.9 Å². The summed E-state index contributed by atoms with van der Waals surface area (Å²) in [5.74, 6) is -1.88. The van der Waals surface area contributed by atoms with Gasteiger partial charge in [-0.1, -0.05) is 43.3 Å². The number of hydrogen-bond donors (Lipinski definition) is 2. The van der Waals surface area contributed by atoms with E-state index in [0.29, 0.717) is 88.7 Å². The maximum absolute atomic E-state index is 14.1. The van der Waals surface area contributed by atoms with Crippen LogP contribution in [-0.4, -0.2) is 96.1 Å². The van der Waals surface area contributed by atoms with Gasteiger partial charge in [0.15, 0.2) is 17.3 Å². The van der Waals surface area contributed by atoms with Crippen LogP contribution in [0, 0.1) is 12.8 Å². The molecule has 6 amide bonds. The molecular formula is C62H61N7O11. The summed E-state index contributed by atoms with van der Waals surface area (Å²) in [7, 11) is 1.50. The number of unbranched alkanes of at least 4 members (excludes halogenated alkanes) is 1. The third-order valence-electron chi connectivity index (χ3n) is 15.0. The molecule has 18 nitrogen and oxygen atoms in total. The van der Waals surface area contributed by atoms with Crippen molar-refractivity contribution in [2.45, 2.75) is 110 Å². The highest BCUT2D eigenvalue weighted by atomic mass is 16.5. The van der Waals surface area contributed by atoms with Crippen LogP contribution in [0.15, 0.2) is 113 Å². The molecular weight excluding hydrogens is 1020 g/mol. The fourth-order valence-corrected chi connectivity index (χ4v) is 10.8. The van der Waals surface area contributed by atoms with Crippen molar-refractivity contribution in [3.05, 3.63) is 142 Å². The van der Waals surface area contributed by atoms with E-state index in [2.05, 4.69) is 10.6 Å². The molecule has 0 aliphatic carbocycles. The number of imide groups is 1. The van der Waals surface area contributed by atoms with Crippen molar-refractivity contribution in [3.8, 4) is 17.2 Å². The van der Waals surface area contributed by atoms with Crippen LogP contribution in [0.2, 0.25) is 0 Å². The van der Waals surface area contributed by atoms with E-state index in [-0.39, 0.29) is 98.6 Å². The Morgan fingerprint density at radius 3 is 1.82 bits per heavy atom. The molecule has 0 aromatic heterocycles. The molecule has 5 aromatic rings. The van der Waals surface area contributed by atoms with Crippen LogP contribution in [0.1, 0.15) is 107 Å². The Balaban J connectivity index is 0.798. The Bertz CT molecular complexity index is 3440. The second kappa shape index (κ2) is 23.5. The highest BCUT2D eigenvalue weighted by Gasteiger charge is 2.38. The van der Waals surface area contributed by atoms with Crippen LogP contribution in [0.5, 0.6) is 17.2 Å². The molecule has 0 saturated heterocycles. The van der Waals surface area contributed by atoms with E-state index >= 15 is 0 Å². The lowest BCUT2D eigenvalue weighted by Crippen LogP contribution is -2.39. The number of hydrogen-bond acceptors (Lipinski definition) is 13. The number of fused-ring (bicyclic) bond motifs is 8. The van der Waals surface area contributed by atoms with Crippen molar-refractivity contribution in [2.75, 3.05) is 28.8 Å². The van der Waals surface area contributed by atoms with Crippen LogP contribution in [-0.2, 0) is 54.8 Å². The number of nitrogens with one attached hydrogen (secondary N) is 2. The zero-order chi connectivity index (χ0) is 56.2. The standard InChI is InChI=1S/C62H61N7O11/c1-36-22-47-49(63-32-44-27-41-12-5-8-16-51(41)68(44)61(47)76)30-54(36)79-34-39-24-40(35-80-56-31-50-48(29-55(56)78-4)62(77)69-45(33-64-50)28-42-13-6-9-17-52(42)69)26-43(25-39)66-60(75)37(2)23-53(71)38(3)65-57(72)18-10-7-14-46(70)15-11-21-67-58(73)19-20-59(67)74/h5-6,8-9,12-13,16-17,19-20,22,24-26,29-33,37-38,44-45H,7,10-11,14-15,18,21,23,27-28,34-35H2,1-4H3,(H,65,72)(H,66,75)/t37-,38+,44-,45-/m0/s1. The van der Waals surface area contributed by atoms with Crippen molar-refractivity contribution in [3.63, 3.8) is 0 Å². The summed E-state index contributed by atoms with van der Waals surface area (Å²) >= 11 is 0. The lowest BCUT2D eigenvalue weighted by atomic mass is 9.99. The topological polar surface area (TPSA) is 223 Å². The number of amides is 6. The van der Waals surface area contributed by atoms with Crippen molar-refractivity contribution >= 4 is 87.9 Å². The fraction of sp³-hybridized carbons (Fsp3) is 0.323. The van der Waals surface area contributed by atoms with Crippen LogP contribution in [0.3, 0.4) is 0 Å². The fourth-order valence-electron chi connectivity index (χ4n) is 10.8. The summed E-state index contributed by atoms with van der Waals surface area (Å²) in [6.45, 7) is 5.27. The Morgan fingerprint density at radius 1 is 0.662 bits per heavy atom. The molecule has 0 spiro atoms. The van der Waals surface area contributed by atoms with Gasteiger partial charge in [-0.15, -0.1) is 0 Å². The number of methoxy groups -OCH3 is 1. The van der Waals surface area contributed by atoms with Crippen molar-refractivity contribution in [1.29, 1.82) is 0 Å². The SMILES string of the molecule is COc1cc2c(cc1OCc1cc(COc3cc4c(cc3C)C(=O)N3c5ccccc5C[C@H]3C=N4)cc(NC(=O)[C@@H](C)CC(=O)[C@@H](C)NC(=O)CCCCC(=O)CCCN3C(=O)C=CC3=O)c1)N=C[C@@H]1Cc3ccccc3N1C2=O. The number of para-hydroxylation sites is 2. The number of nitrogens with zero attached hydrogens (tertiary/aromatic N) is 5. The van der Waals surface area contributed by atoms with Crippen LogP contribution in [0.25, 0.3) is 0 Å². The van der Waals surface area contributed by atoms with Gasteiger partial charge < -0.3 is 24.8 Å². The van der Waals surface area contributed by atoms with E-state index in [0.717, 1.165) is 33.0 Å². The summed E-state index contributed by atoms with van der Waals surface area (Å²) in [4.78, 5) is 118. The number of ether oxygens (including phenoxy) is 3. The zero-order valence-electron chi connectivity index (χ0n) is 45.0. The number of benzene rings is 5. The largest absolute Gasteiger partial charge is 0.493 e. The molecule has 0 bridgehead atoms. The molecule has 5 aromatic carbocycles. The van der Waals surface area contributed by atoms with E-state index in [9.17, 15) is 38.4 Å².